The second-order valence-electron chi connectivity index (χ2n) is 5.19. The van der Waals surface area contributed by atoms with Crippen molar-refractivity contribution in [3.05, 3.63) is 36.0 Å². The highest BCUT2D eigenvalue weighted by atomic mass is 16.5. The van der Waals surface area contributed by atoms with Crippen LogP contribution in [-0.2, 0) is 0 Å². The molecule has 3 nitrogen and oxygen atoms in total. The molecule has 1 aromatic heterocycles. The van der Waals surface area contributed by atoms with E-state index in [0.717, 1.165) is 36.2 Å². The van der Waals surface area contributed by atoms with Gasteiger partial charge in [-0.15, -0.1) is 0 Å². The standard InChI is InChI=1S/C15H18N2O/c1-17(2)7-5-12-10-18-15-8-11-4-3-6-16-14(11)9-13(12)15/h3-4,6,8-9,12H,5,7,10H2,1-2H3. The number of fused-ring (bicyclic) bond motifs is 2. The Labute approximate surface area is 107 Å². The third-order valence-electron chi connectivity index (χ3n) is 3.54. The maximum Gasteiger partial charge on any atom is 0.123 e. The molecule has 0 fully saturated rings. The number of benzene rings is 1. The van der Waals surface area contributed by atoms with Crippen LogP contribution in [0.4, 0.5) is 0 Å². The molecule has 0 spiro atoms. The van der Waals surface area contributed by atoms with Crippen molar-refractivity contribution in [2.45, 2.75) is 12.3 Å². The van der Waals surface area contributed by atoms with Crippen LogP contribution in [0.5, 0.6) is 5.75 Å². The van der Waals surface area contributed by atoms with Crippen molar-refractivity contribution >= 4 is 10.9 Å². The van der Waals surface area contributed by atoms with Gasteiger partial charge in [0.25, 0.3) is 0 Å². The molecule has 1 aliphatic heterocycles. The molecule has 0 aliphatic carbocycles. The Morgan fingerprint density at radius 2 is 2.28 bits per heavy atom. The highest BCUT2D eigenvalue weighted by Crippen LogP contribution is 2.38. The minimum atomic E-state index is 0.508. The van der Waals surface area contributed by atoms with Gasteiger partial charge >= 0.3 is 0 Å². The number of pyridine rings is 1. The van der Waals surface area contributed by atoms with Gasteiger partial charge < -0.3 is 9.64 Å². The predicted octanol–water partition coefficient (Wildman–Crippen LogP) is 2.66. The van der Waals surface area contributed by atoms with Crippen LogP contribution in [0.25, 0.3) is 10.9 Å². The molecule has 3 rings (SSSR count). The first-order valence-corrected chi connectivity index (χ1v) is 6.40. The Kier molecular flexibility index (Phi) is 2.92. The van der Waals surface area contributed by atoms with E-state index in [2.05, 4.69) is 42.2 Å². The number of nitrogens with zero attached hydrogens (tertiary/aromatic N) is 2. The van der Waals surface area contributed by atoms with Gasteiger partial charge in [-0.3, -0.25) is 4.98 Å². The predicted molar refractivity (Wildman–Crippen MR) is 73.2 cm³/mol. The fourth-order valence-corrected chi connectivity index (χ4v) is 2.49. The first-order chi connectivity index (χ1) is 8.74. The maximum atomic E-state index is 5.81. The minimum Gasteiger partial charge on any atom is -0.493 e. The Bertz CT molecular complexity index is 565. The molecule has 1 aromatic carbocycles. The van der Waals surface area contributed by atoms with Crippen LogP contribution in [0.15, 0.2) is 30.5 Å². The van der Waals surface area contributed by atoms with Gasteiger partial charge in [0.1, 0.15) is 5.75 Å². The quantitative estimate of drug-likeness (QED) is 0.827. The van der Waals surface area contributed by atoms with Crippen molar-refractivity contribution < 1.29 is 4.74 Å². The smallest absolute Gasteiger partial charge is 0.123 e. The molecule has 1 atom stereocenters. The fraction of sp³-hybridized carbons (Fsp3) is 0.400. The topological polar surface area (TPSA) is 25.4 Å². The fourth-order valence-electron chi connectivity index (χ4n) is 2.49. The molecule has 2 aromatic rings. The van der Waals surface area contributed by atoms with Crippen molar-refractivity contribution in [1.29, 1.82) is 0 Å². The lowest BCUT2D eigenvalue weighted by molar-refractivity contribution is 0.306. The molecular weight excluding hydrogens is 224 g/mol. The lowest BCUT2D eigenvalue weighted by Gasteiger charge is -2.13. The van der Waals surface area contributed by atoms with Gasteiger partial charge in [0.05, 0.1) is 12.1 Å². The summed E-state index contributed by atoms with van der Waals surface area (Å²) < 4.78 is 5.81. The minimum absolute atomic E-state index is 0.508. The summed E-state index contributed by atoms with van der Waals surface area (Å²) >= 11 is 0. The number of rotatable bonds is 3. The van der Waals surface area contributed by atoms with Gasteiger partial charge in [-0.25, -0.2) is 0 Å². The first-order valence-electron chi connectivity index (χ1n) is 6.40. The Balaban J connectivity index is 1.93. The molecule has 0 amide bonds. The summed E-state index contributed by atoms with van der Waals surface area (Å²) in [6, 6.07) is 8.36. The highest BCUT2D eigenvalue weighted by molar-refractivity contribution is 5.81. The van der Waals surface area contributed by atoms with E-state index in [1.54, 1.807) is 0 Å². The van der Waals surface area contributed by atoms with Gasteiger partial charge in [-0.05, 0) is 45.3 Å². The largest absolute Gasteiger partial charge is 0.493 e. The van der Waals surface area contributed by atoms with E-state index in [1.165, 1.54) is 5.56 Å². The number of hydrogen-bond donors (Lipinski definition) is 0. The van der Waals surface area contributed by atoms with Gasteiger partial charge in [0.2, 0.25) is 0 Å². The number of ether oxygens (including phenoxy) is 1. The lowest BCUT2D eigenvalue weighted by Crippen LogP contribution is -2.16. The van der Waals surface area contributed by atoms with Gasteiger partial charge in [-0.1, -0.05) is 6.07 Å². The van der Waals surface area contributed by atoms with Crippen molar-refractivity contribution in [3.63, 3.8) is 0 Å². The normalized spacial score (nSPS) is 18.1. The van der Waals surface area contributed by atoms with E-state index in [0.29, 0.717) is 5.92 Å². The second kappa shape index (κ2) is 4.58. The summed E-state index contributed by atoms with van der Waals surface area (Å²) in [6.45, 7) is 1.90. The molecule has 1 aliphatic rings. The SMILES string of the molecule is CN(C)CCC1COc2cc3cccnc3cc21. The molecule has 0 saturated carbocycles. The highest BCUT2D eigenvalue weighted by Gasteiger charge is 2.24. The lowest BCUT2D eigenvalue weighted by atomic mass is 9.96. The monoisotopic (exact) mass is 242 g/mol. The Morgan fingerprint density at radius 3 is 3.11 bits per heavy atom. The third-order valence-corrected chi connectivity index (χ3v) is 3.54. The summed E-state index contributed by atoms with van der Waals surface area (Å²) in [5.74, 6) is 1.55. The first kappa shape index (κ1) is 11.5. The Morgan fingerprint density at radius 1 is 1.39 bits per heavy atom. The van der Waals surface area contributed by atoms with E-state index in [-0.39, 0.29) is 0 Å². The number of aromatic nitrogens is 1. The molecule has 0 N–H and O–H groups in total. The van der Waals surface area contributed by atoms with Gasteiger partial charge in [0, 0.05) is 23.1 Å². The Hall–Kier alpha value is -1.61. The maximum absolute atomic E-state index is 5.81. The molecule has 2 heterocycles. The van der Waals surface area contributed by atoms with Crippen LogP contribution < -0.4 is 4.74 Å². The summed E-state index contributed by atoms with van der Waals surface area (Å²) in [5, 5.41) is 1.16. The van der Waals surface area contributed by atoms with Gasteiger partial charge in [-0.2, -0.15) is 0 Å². The second-order valence-corrected chi connectivity index (χ2v) is 5.19. The molecule has 0 bridgehead atoms. The van der Waals surface area contributed by atoms with Crippen LogP contribution in [-0.4, -0.2) is 37.1 Å². The van der Waals surface area contributed by atoms with E-state index in [9.17, 15) is 0 Å². The molecule has 18 heavy (non-hydrogen) atoms. The molecule has 3 heteroatoms. The van der Waals surface area contributed by atoms with Crippen LogP contribution in [0.1, 0.15) is 17.9 Å². The molecule has 0 saturated heterocycles. The van der Waals surface area contributed by atoms with Crippen LogP contribution >= 0.6 is 0 Å². The van der Waals surface area contributed by atoms with E-state index in [4.69, 9.17) is 4.74 Å². The van der Waals surface area contributed by atoms with Crippen molar-refractivity contribution in [2.24, 2.45) is 0 Å². The zero-order valence-corrected chi connectivity index (χ0v) is 10.9. The van der Waals surface area contributed by atoms with E-state index < -0.39 is 0 Å². The summed E-state index contributed by atoms with van der Waals surface area (Å²) in [4.78, 5) is 6.64. The molecule has 0 radical (unpaired) electrons. The van der Waals surface area contributed by atoms with E-state index >= 15 is 0 Å². The van der Waals surface area contributed by atoms with Crippen molar-refractivity contribution in [2.75, 3.05) is 27.2 Å². The molecule has 1 unspecified atom stereocenters. The zero-order chi connectivity index (χ0) is 12.5. The van der Waals surface area contributed by atoms with Crippen LogP contribution in [0.2, 0.25) is 0 Å². The number of hydrogen-bond acceptors (Lipinski definition) is 3. The third kappa shape index (κ3) is 2.06. The van der Waals surface area contributed by atoms with Crippen molar-refractivity contribution in [3.8, 4) is 5.75 Å². The molecular formula is C15H18N2O. The van der Waals surface area contributed by atoms with Crippen LogP contribution in [0, 0.1) is 0 Å². The summed E-state index contributed by atoms with van der Waals surface area (Å²) in [5.41, 5.74) is 2.39. The average Bonchev–Trinajstić information content (AvgIpc) is 2.76. The average molecular weight is 242 g/mol. The molecule has 94 valence electrons. The summed E-state index contributed by atoms with van der Waals surface area (Å²) in [7, 11) is 4.22. The van der Waals surface area contributed by atoms with Crippen molar-refractivity contribution in [1.82, 2.24) is 9.88 Å². The van der Waals surface area contributed by atoms with Gasteiger partial charge in [0.15, 0.2) is 0 Å². The van der Waals surface area contributed by atoms with Crippen LogP contribution in [0.3, 0.4) is 0 Å². The zero-order valence-electron chi connectivity index (χ0n) is 10.9. The summed E-state index contributed by atoms with van der Waals surface area (Å²) in [6.07, 6.45) is 2.98. The van der Waals surface area contributed by atoms with E-state index in [1.807, 2.05) is 12.3 Å².